The lowest BCUT2D eigenvalue weighted by molar-refractivity contribution is -0.146. The number of esters is 1. The van der Waals surface area contributed by atoms with Crippen molar-refractivity contribution in [1.29, 1.82) is 0 Å². The van der Waals surface area contributed by atoms with Gasteiger partial charge in [-0.05, 0) is 35.4 Å². The number of benzene rings is 2. The number of hydrogen-bond acceptors (Lipinski definition) is 3. The van der Waals surface area contributed by atoms with Gasteiger partial charge in [-0.15, -0.1) is 0 Å². The van der Waals surface area contributed by atoms with Gasteiger partial charge in [0, 0.05) is 13.1 Å². The molecule has 0 radical (unpaired) electrons. The van der Waals surface area contributed by atoms with E-state index in [1.165, 1.54) is 36.3 Å². The Morgan fingerprint density at radius 3 is 1.96 bits per heavy atom. The van der Waals surface area contributed by atoms with Crippen LogP contribution in [0.4, 0.5) is 8.78 Å². The summed E-state index contributed by atoms with van der Waals surface area (Å²) in [6.45, 7) is 2.08. The number of halogens is 2. The van der Waals surface area contributed by atoms with Crippen LogP contribution < -0.4 is 0 Å². The highest BCUT2D eigenvalue weighted by Crippen LogP contribution is 2.13. The molecule has 0 aliphatic carbocycles. The standard InChI is InChI=1S/C20H21F2NO3/c1-14(20(25)26-2)12-23(13-16-5-9-18(22)10-6-16)19(24)11-15-3-7-17(21)8-4-15/h3-10,14H,11-13H2,1-2H3. The van der Waals surface area contributed by atoms with Crippen molar-refractivity contribution in [2.24, 2.45) is 5.92 Å². The minimum Gasteiger partial charge on any atom is -0.469 e. The summed E-state index contributed by atoms with van der Waals surface area (Å²) in [5.41, 5.74) is 1.42. The summed E-state index contributed by atoms with van der Waals surface area (Å²) in [4.78, 5) is 26.0. The Labute approximate surface area is 151 Å². The van der Waals surface area contributed by atoms with Gasteiger partial charge in [-0.1, -0.05) is 31.2 Å². The van der Waals surface area contributed by atoms with E-state index < -0.39 is 11.9 Å². The number of hydrogen-bond donors (Lipinski definition) is 0. The third-order valence-corrected chi connectivity index (χ3v) is 4.01. The molecule has 26 heavy (non-hydrogen) atoms. The lowest BCUT2D eigenvalue weighted by Crippen LogP contribution is -2.37. The van der Waals surface area contributed by atoms with Crippen LogP contribution in [0.1, 0.15) is 18.1 Å². The van der Waals surface area contributed by atoms with Crippen molar-refractivity contribution >= 4 is 11.9 Å². The maximum Gasteiger partial charge on any atom is 0.310 e. The Morgan fingerprint density at radius 2 is 1.46 bits per heavy atom. The van der Waals surface area contributed by atoms with Crippen molar-refractivity contribution in [3.05, 3.63) is 71.3 Å². The first-order valence-corrected chi connectivity index (χ1v) is 8.23. The molecule has 2 aromatic rings. The summed E-state index contributed by atoms with van der Waals surface area (Å²) in [5.74, 6) is -1.86. The topological polar surface area (TPSA) is 46.6 Å². The molecule has 1 atom stereocenters. The molecule has 0 saturated heterocycles. The van der Waals surface area contributed by atoms with Gasteiger partial charge in [-0.25, -0.2) is 8.78 Å². The molecule has 1 amide bonds. The zero-order valence-corrected chi connectivity index (χ0v) is 14.7. The van der Waals surface area contributed by atoms with Crippen LogP contribution in [0, 0.1) is 17.6 Å². The van der Waals surface area contributed by atoms with Crippen LogP contribution >= 0.6 is 0 Å². The fourth-order valence-corrected chi connectivity index (χ4v) is 2.56. The van der Waals surface area contributed by atoms with Crippen LogP contribution in [-0.4, -0.2) is 30.4 Å². The average Bonchev–Trinajstić information content (AvgIpc) is 2.64. The molecule has 2 aromatic carbocycles. The first-order chi connectivity index (χ1) is 12.4. The van der Waals surface area contributed by atoms with Crippen LogP contribution in [0.5, 0.6) is 0 Å². The van der Waals surface area contributed by atoms with E-state index in [0.29, 0.717) is 5.56 Å². The maximum atomic E-state index is 13.1. The van der Waals surface area contributed by atoms with E-state index in [-0.39, 0.29) is 37.1 Å². The number of amides is 1. The predicted octanol–water partition coefficient (Wildman–Crippen LogP) is 3.35. The molecular formula is C20H21F2NO3. The lowest BCUT2D eigenvalue weighted by Gasteiger charge is -2.25. The third kappa shape index (κ3) is 5.65. The second-order valence-electron chi connectivity index (χ2n) is 6.13. The van der Waals surface area contributed by atoms with Crippen molar-refractivity contribution in [3.8, 4) is 0 Å². The molecule has 1 unspecified atom stereocenters. The van der Waals surface area contributed by atoms with Crippen LogP contribution in [0.2, 0.25) is 0 Å². The Hall–Kier alpha value is -2.76. The zero-order chi connectivity index (χ0) is 19.1. The second kappa shape index (κ2) is 9.08. The van der Waals surface area contributed by atoms with E-state index in [1.54, 1.807) is 31.2 Å². The minimum atomic E-state index is -0.502. The molecule has 0 aliphatic rings. The monoisotopic (exact) mass is 361 g/mol. The smallest absolute Gasteiger partial charge is 0.310 e. The quantitative estimate of drug-likeness (QED) is 0.711. The molecule has 0 aliphatic heterocycles. The van der Waals surface area contributed by atoms with E-state index >= 15 is 0 Å². The fourth-order valence-electron chi connectivity index (χ4n) is 2.56. The van der Waals surface area contributed by atoms with Crippen LogP contribution in [-0.2, 0) is 27.3 Å². The van der Waals surface area contributed by atoms with Gasteiger partial charge >= 0.3 is 5.97 Å². The molecule has 0 saturated carbocycles. The van der Waals surface area contributed by atoms with Crippen LogP contribution in [0.25, 0.3) is 0 Å². The zero-order valence-electron chi connectivity index (χ0n) is 14.7. The predicted molar refractivity (Wildman–Crippen MR) is 93.1 cm³/mol. The second-order valence-corrected chi connectivity index (χ2v) is 6.13. The van der Waals surface area contributed by atoms with Crippen LogP contribution in [0.3, 0.4) is 0 Å². The van der Waals surface area contributed by atoms with Crippen molar-refractivity contribution in [2.75, 3.05) is 13.7 Å². The first kappa shape index (κ1) is 19.6. The van der Waals surface area contributed by atoms with Gasteiger partial charge in [0.2, 0.25) is 5.91 Å². The summed E-state index contributed by atoms with van der Waals surface area (Å²) in [6, 6.07) is 11.5. The summed E-state index contributed by atoms with van der Waals surface area (Å²) >= 11 is 0. The Morgan fingerprint density at radius 1 is 0.962 bits per heavy atom. The van der Waals surface area contributed by atoms with E-state index in [9.17, 15) is 18.4 Å². The van der Waals surface area contributed by atoms with Gasteiger partial charge in [-0.2, -0.15) is 0 Å². The number of carbonyl (C=O) groups is 2. The molecule has 4 nitrogen and oxygen atoms in total. The molecule has 0 bridgehead atoms. The molecule has 138 valence electrons. The molecule has 0 N–H and O–H groups in total. The number of nitrogens with zero attached hydrogens (tertiary/aromatic N) is 1. The number of ether oxygens (including phenoxy) is 1. The molecule has 0 spiro atoms. The van der Waals surface area contributed by atoms with Crippen molar-refractivity contribution < 1.29 is 23.1 Å². The molecule has 2 rings (SSSR count). The number of methoxy groups -OCH3 is 1. The highest BCUT2D eigenvalue weighted by atomic mass is 19.1. The lowest BCUT2D eigenvalue weighted by atomic mass is 10.1. The molecule has 0 heterocycles. The van der Waals surface area contributed by atoms with E-state index in [2.05, 4.69) is 0 Å². The van der Waals surface area contributed by atoms with E-state index in [1.807, 2.05) is 0 Å². The van der Waals surface area contributed by atoms with E-state index in [0.717, 1.165) is 5.56 Å². The average molecular weight is 361 g/mol. The van der Waals surface area contributed by atoms with Gasteiger partial charge in [0.25, 0.3) is 0 Å². The van der Waals surface area contributed by atoms with Crippen molar-refractivity contribution in [3.63, 3.8) is 0 Å². The summed E-state index contributed by atoms with van der Waals surface area (Å²) in [5, 5.41) is 0. The number of rotatable bonds is 7. The summed E-state index contributed by atoms with van der Waals surface area (Å²) < 4.78 is 30.8. The van der Waals surface area contributed by atoms with Gasteiger partial charge in [0.15, 0.2) is 0 Å². The van der Waals surface area contributed by atoms with Gasteiger partial charge < -0.3 is 9.64 Å². The summed E-state index contributed by atoms with van der Waals surface area (Å²) in [7, 11) is 1.30. The molecular weight excluding hydrogens is 340 g/mol. The normalized spacial score (nSPS) is 11.7. The summed E-state index contributed by atoms with van der Waals surface area (Å²) in [6.07, 6.45) is 0.0787. The highest BCUT2D eigenvalue weighted by molar-refractivity contribution is 5.80. The Balaban J connectivity index is 2.14. The van der Waals surface area contributed by atoms with Gasteiger partial charge in [-0.3, -0.25) is 9.59 Å². The maximum absolute atomic E-state index is 13.1. The molecule has 0 fully saturated rings. The number of carbonyl (C=O) groups excluding carboxylic acids is 2. The van der Waals surface area contributed by atoms with Gasteiger partial charge in [0.1, 0.15) is 11.6 Å². The Bertz CT molecular complexity index is 745. The third-order valence-electron chi connectivity index (χ3n) is 4.01. The SMILES string of the molecule is COC(=O)C(C)CN(Cc1ccc(F)cc1)C(=O)Cc1ccc(F)cc1. The van der Waals surface area contributed by atoms with Crippen molar-refractivity contribution in [1.82, 2.24) is 4.90 Å². The first-order valence-electron chi connectivity index (χ1n) is 8.23. The Kier molecular flexibility index (Phi) is 6.83. The largest absolute Gasteiger partial charge is 0.469 e. The molecule has 0 aromatic heterocycles. The molecule has 6 heteroatoms. The van der Waals surface area contributed by atoms with Crippen LogP contribution in [0.15, 0.2) is 48.5 Å². The highest BCUT2D eigenvalue weighted by Gasteiger charge is 2.22. The van der Waals surface area contributed by atoms with E-state index in [4.69, 9.17) is 4.74 Å². The van der Waals surface area contributed by atoms with Crippen molar-refractivity contribution in [2.45, 2.75) is 19.9 Å². The fraction of sp³-hybridized carbons (Fsp3) is 0.300. The van der Waals surface area contributed by atoms with Gasteiger partial charge in [0.05, 0.1) is 19.4 Å². The minimum absolute atomic E-state index is 0.0787.